The predicted molar refractivity (Wildman–Crippen MR) is 90.9 cm³/mol. The van der Waals surface area contributed by atoms with Gasteiger partial charge in [-0.25, -0.2) is 13.0 Å². The van der Waals surface area contributed by atoms with Crippen LogP contribution >= 0.6 is 0 Å². The third kappa shape index (κ3) is 3.11. The van der Waals surface area contributed by atoms with Crippen LogP contribution in [0.15, 0.2) is 24.3 Å². The van der Waals surface area contributed by atoms with Gasteiger partial charge < -0.3 is 4.55 Å². The van der Waals surface area contributed by atoms with Crippen molar-refractivity contribution < 1.29 is 25.9 Å². The van der Waals surface area contributed by atoms with Crippen LogP contribution in [0.2, 0.25) is 0 Å². The number of hydrogen-bond donors (Lipinski definition) is 1. The summed E-state index contributed by atoms with van der Waals surface area (Å²) in [5, 5.41) is 0. The lowest BCUT2D eigenvalue weighted by atomic mass is 9.81. The van der Waals surface area contributed by atoms with Crippen molar-refractivity contribution in [2.75, 3.05) is 12.3 Å². The van der Waals surface area contributed by atoms with Crippen LogP contribution in [0.25, 0.3) is 0 Å². The van der Waals surface area contributed by atoms with Crippen molar-refractivity contribution in [3.8, 4) is 0 Å². The molecule has 136 valence electrons. The largest absolute Gasteiger partial charge is 0.748 e. The summed E-state index contributed by atoms with van der Waals surface area (Å²) in [6, 6.07) is 6.60. The number of benzene rings is 1. The lowest BCUT2D eigenvalue weighted by Gasteiger charge is -2.37. The monoisotopic (exact) mass is 377 g/mol. The molecule has 0 spiro atoms. The number of quaternary nitrogens is 1. The van der Waals surface area contributed by atoms with E-state index in [-0.39, 0.29) is 19.4 Å². The molecule has 9 heteroatoms. The Morgan fingerprint density at radius 1 is 1.17 bits per heavy atom. The second kappa shape index (κ2) is 6.06. The fourth-order valence-electron chi connectivity index (χ4n) is 3.68. The van der Waals surface area contributed by atoms with Gasteiger partial charge in [-0.1, -0.05) is 18.2 Å². The van der Waals surface area contributed by atoms with E-state index < -0.39 is 41.5 Å². The first-order chi connectivity index (χ1) is 10.8. The van der Waals surface area contributed by atoms with E-state index in [4.69, 9.17) is 0 Å². The molecule has 0 radical (unpaired) electrons. The summed E-state index contributed by atoms with van der Waals surface area (Å²) in [5.74, 6) is -0.544. The molecule has 2 unspecified atom stereocenters. The van der Waals surface area contributed by atoms with E-state index in [0.717, 1.165) is 5.56 Å². The van der Waals surface area contributed by atoms with E-state index in [1.807, 2.05) is 26.0 Å². The Morgan fingerprint density at radius 2 is 1.75 bits per heavy atom. The van der Waals surface area contributed by atoms with Crippen LogP contribution in [0.4, 0.5) is 5.69 Å². The van der Waals surface area contributed by atoms with Gasteiger partial charge in [0.05, 0.1) is 10.1 Å². The summed E-state index contributed by atoms with van der Waals surface area (Å²) in [6.07, 6.45) is 0.243. The molecule has 1 heterocycles. The lowest BCUT2D eigenvalue weighted by molar-refractivity contribution is 0.252. The van der Waals surface area contributed by atoms with Gasteiger partial charge in [0, 0.05) is 22.8 Å². The summed E-state index contributed by atoms with van der Waals surface area (Å²) in [7, 11) is -8.84. The molecular weight excluding hydrogens is 354 g/mol. The minimum atomic E-state index is -4.50. The van der Waals surface area contributed by atoms with E-state index in [1.165, 1.54) is 0 Å². The van der Waals surface area contributed by atoms with Crippen molar-refractivity contribution in [1.29, 1.82) is 0 Å². The Bertz CT molecular complexity index is 831. The number of rotatable bonds is 6. The van der Waals surface area contributed by atoms with Gasteiger partial charge in [0.25, 0.3) is 0 Å². The van der Waals surface area contributed by atoms with Crippen LogP contribution in [0.3, 0.4) is 0 Å². The van der Waals surface area contributed by atoms with E-state index in [9.17, 15) is 25.9 Å². The average molecular weight is 377 g/mol. The third-order valence-corrected chi connectivity index (χ3v) is 7.53. The quantitative estimate of drug-likeness (QED) is 0.460. The normalized spacial score (nSPS) is 26.3. The van der Waals surface area contributed by atoms with E-state index >= 15 is 0 Å². The van der Waals surface area contributed by atoms with Crippen molar-refractivity contribution in [1.82, 2.24) is 3.89 Å². The molecule has 0 aliphatic carbocycles. The Kier molecular flexibility index (Phi) is 4.88. The van der Waals surface area contributed by atoms with Gasteiger partial charge in [0.2, 0.25) is 0 Å². The average Bonchev–Trinajstić information content (AvgIpc) is 2.61. The van der Waals surface area contributed by atoms with Gasteiger partial charge in [0.15, 0.2) is 5.69 Å². The van der Waals surface area contributed by atoms with Gasteiger partial charge in [-0.3, -0.25) is 0 Å². The second-order valence-corrected chi connectivity index (χ2v) is 9.92. The highest BCUT2D eigenvalue weighted by molar-refractivity contribution is 7.85. The molecule has 0 fully saturated rings. The SMILES string of the molecule is CC1C(C)(C)c2ccccc2[N+]1(CCCCS(=O)(=O)[O-])S(=O)(=O)O. The van der Waals surface area contributed by atoms with Crippen LogP contribution in [-0.2, 0) is 25.8 Å². The molecule has 1 aliphatic rings. The lowest BCUT2D eigenvalue weighted by Crippen LogP contribution is -2.60. The molecule has 2 rings (SSSR count). The summed E-state index contributed by atoms with van der Waals surface area (Å²) in [5.41, 5.74) is 0.853. The molecule has 0 saturated heterocycles. The smallest absolute Gasteiger partial charge is 0.438 e. The van der Waals surface area contributed by atoms with Crippen molar-refractivity contribution in [2.45, 2.75) is 45.1 Å². The first-order valence-electron chi connectivity index (χ1n) is 7.73. The summed E-state index contributed by atoms with van der Waals surface area (Å²) in [6.45, 7) is 5.61. The van der Waals surface area contributed by atoms with Gasteiger partial charge in [-0.05, 0) is 33.6 Å². The fraction of sp³-hybridized carbons (Fsp3) is 0.600. The first kappa shape index (κ1) is 19.3. The van der Waals surface area contributed by atoms with E-state index in [0.29, 0.717) is 5.69 Å². The predicted octanol–water partition coefficient (Wildman–Crippen LogP) is 1.80. The van der Waals surface area contributed by atoms with E-state index in [1.54, 1.807) is 19.1 Å². The number of fused-ring (bicyclic) bond motifs is 1. The Labute approximate surface area is 143 Å². The molecule has 0 bridgehead atoms. The molecule has 7 nitrogen and oxygen atoms in total. The van der Waals surface area contributed by atoms with Crippen LogP contribution in [0, 0.1) is 0 Å². The van der Waals surface area contributed by atoms with Gasteiger partial charge in [-0.2, -0.15) is 3.89 Å². The molecule has 24 heavy (non-hydrogen) atoms. The molecule has 1 aromatic rings. The summed E-state index contributed by atoms with van der Waals surface area (Å²) < 4.78 is 66.3. The molecule has 0 saturated carbocycles. The van der Waals surface area contributed by atoms with Crippen LogP contribution in [0.1, 0.15) is 39.2 Å². The maximum Gasteiger partial charge on any atom is 0.438 e. The Hall–Kier alpha value is -1.00. The van der Waals surface area contributed by atoms with Crippen molar-refractivity contribution in [2.24, 2.45) is 0 Å². The molecular formula is C15H23NO6S2. The van der Waals surface area contributed by atoms with Crippen molar-refractivity contribution in [3.63, 3.8) is 0 Å². The fourth-order valence-corrected chi connectivity index (χ4v) is 5.67. The molecule has 0 amide bonds. The molecule has 1 aliphatic heterocycles. The minimum Gasteiger partial charge on any atom is -0.748 e. The third-order valence-electron chi connectivity index (χ3n) is 5.22. The van der Waals surface area contributed by atoms with Crippen LogP contribution in [0.5, 0.6) is 0 Å². The zero-order valence-corrected chi connectivity index (χ0v) is 15.6. The maximum absolute atomic E-state index is 12.4. The highest BCUT2D eigenvalue weighted by Crippen LogP contribution is 2.51. The minimum absolute atomic E-state index is 0.00988. The molecule has 0 aromatic heterocycles. The van der Waals surface area contributed by atoms with Crippen molar-refractivity contribution in [3.05, 3.63) is 29.8 Å². The number of unbranched alkanes of at least 4 members (excludes halogenated alkanes) is 1. The highest BCUT2D eigenvalue weighted by Gasteiger charge is 2.61. The van der Waals surface area contributed by atoms with Crippen molar-refractivity contribution >= 4 is 26.1 Å². The first-order valence-corrected chi connectivity index (χ1v) is 10.7. The maximum atomic E-state index is 12.4. The number of para-hydroxylation sites is 1. The second-order valence-electron chi connectivity index (χ2n) is 6.85. The summed E-state index contributed by atoms with van der Waals surface area (Å²) in [4.78, 5) is 0. The van der Waals surface area contributed by atoms with Crippen LogP contribution in [-0.4, -0.2) is 44.3 Å². The molecule has 1 N–H and O–H groups in total. The zero-order valence-electron chi connectivity index (χ0n) is 14.0. The van der Waals surface area contributed by atoms with Crippen LogP contribution < -0.4 is 3.89 Å². The Morgan fingerprint density at radius 3 is 2.29 bits per heavy atom. The summed E-state index contributed by atoms with van der Waals surface area (Å²) >= 11 is 0. The van der Waals surface area contributed by atoms with E-state index in [2.05, 4.69) is 0 Å². The van der Waals surface area contributed by atoms with Gasteiger partial charge in [-0.15, -0.1) is 8.42 Å². The highest BCUT2D eigenvalue weighted by atomic mass is 32.2. The standard InChI is InChI=1S/C15H23NO6S2/c1-12-15(2,3)13-8-4-5-9-14(13)16(12,24(20,21)22)10-6-7-11-23(17,18)19/h4-5,8-9,12H,6-7,10-11H2,1-3H3,(H-,17,18,19,20,21,22). The van der Waals surface area contributed by atoms with Gasteiger partial charge >= 0.3 is 10.3 Å². The molecule has 1 aromatic carbocycles. The zero-order chi connectivity index (χ0) is 18.4. The Balaban J connectivity index is 2.47. The number of nitrogens with zero attached hydrogens (tertiary/aromatic N) is 1. The van der Waals surface area contributed by atoms with Gasteiger partial charge in [0.1, 0.15) is 12.6 Å². The molecule has 2 atom stereocenters. The topological polar surface area (TPSA) is 112 Å². The number of hydrogen-bond acceptors (Lipinski definition) is 5.